The zero-order valence-corrected chi connectivity index (χ0v) is 17.7. The number of sulfonamides is 1. The van der Waals surface area contributed by atoms with Crippen LogP contribution in [-0.2, 0) is 16.6 Å². The molecule has 3 aromatic carbocycles. The maximum atomic E-state index is 12.8. The molecule has 0 aliphatic heterocycles. The van der Waals surface area contributed by atoms with E-state index < -0.39 is 10.0 Å². The number of aryl methyl sites for hydroxylation is 1. The Morgan fingerprint density at radius 1 is 1.00 bits per heavy atom. The number of hydrogen-bond donors (Lipinski definition) is 1. The lowest BCUT2D eigenvalue weighted by atomic mass is 10.1. The Morgan fingerprint density at radius 2 is 1.66 bits per heavy atom. The number of nitrogens with one attached hydrogen (secondary N) is 1. The summed E-state index contributed by atoms with van der Waals surface area (Å²) < 4.78 is 26.7. The molecule has 0 aliphatic carbocycles. The third-order valence-corrected chi connectivity index (χ3v) is 6.55. The van der Waals surface area contributed by atoms with E-state index in [-0.39, 0.29) is 10.8 Å². The minimum atomic E-state index is -3.72. The molecule has 150 valence electrons. The zero-order chi connectivity index (χ0) is 21.0. The Labute approximate surface area is 176 Å². The number of carbonyl (C=O) groups excluding carboxylic acids is 1. The summed E-state index contributed by atoms with van der Waals surface area (Å²) >= 11 is 5.83. The number of rotatable bonds is 6. The number of amides is 1. The number of carbonyl (C=O) groups is 1. The first-order valence-corrected chi connectivity index (χ1v) is 10.8. The Kier molecular flexibility index (Phi) is 6.25. The number of anilines is 1. The van der Waals surface area contributed by atoms with Gasteiger partial charge in [0.1, 0.15) is 0 Å². The van der Waals surface area contributed by atoms with Crippen LogP contribution in [0.2, 0.25) is 5.02 Å². The summed E-state index contributed by atoms with van der Waals surface area (Å²) in [5, 5.41) is 3.33. The third kappa shape index (κ3) is 4.96. The summed E-state index contributed by atoms with van der Waals surface area (Å²) in [6, 6.07) is 20.3. The predicted octanol–water partition coefficient (Wildman–Crippen LogP) is 4.40. The van der Waals surface area contributed by atoms with Gasteiger partial charge in [0.2, 0.25) is 0 Å². The Bertz CT molecular complexity index is 1110. The molecule has 0 fully saturated rings. The van der Waals surface area contributed by atoms with Gasteiger partial charge in [-0.3, -0.25) is 9.10 Å². The molecule has 1 amide bonds. The van der Waals surface area contributed by atoms with Crippen molar-refractivity contribution < 1.29 is 13.2 Å². The van der Waals surface area contributed by atoms with Crippen molar-refractivity contribution in [3.8, 4) is 0 Å². The molecule has 1 N–H and O–H groups in total. The largest absolute Gasteiger partial charge is 0.348 e. The van der Waals surface area contributed by atoms with Crippen molar-refractivity contribution in [1.29, 1.82) is 0 Å². The molecular formula is C22H21ClN2O3S. The predicted molar refractivity (Wildman–Crippen MR) is 116 cm³/mol. The Hall–Kier alpha value is -2.83. The zero-order valence-electron chi connectivity index (χ0n) is 16.1. The number of hydrogen-bond acceptors (Lipinski definition) is 3. The van der Waals surface area contributed by atoms with Gasteiger partial charge in [0.05, 0.1) is 10.6 Å². The molecule has 0 radical (unpaired) electrons. The molecule has 0 bridgehead atoms. The van der Waals surface area contributed by atoms with Crippen LogP contribution in [0.4, 0.5) is 5.69 Å². The van der Waals surface area contributed by atoms with E-state index in [1.165, 1.54) is 35.6 Å². The van der Waals surface area contributed by atoms with Crippen LogP contribution in [0.5, 0.6) is 0 Å². The van der Waals surface area contributed by atoms with Gasteiger partial charge in [-0.1, -0.05) is 41.4 Å². The normalized spacial score (nSPS) is 11.1. The van der Waals surface area contributed by atoms with Gasteiger partial charge in [-0.15, -0.1) is 0 Å². The molecule has 7 heteroatoms. The monoisotopic (exact) mass is 428 g/mol. The summed E-state index contributed by atoms with van der Waals surface area (Å²) in [4.78, 5) is 12.5. The first-order chi connectivity index (χ1) is 13.8. The quantitative estimate of drug-likeness (QED) is 0.632. The molecule has 5 nitrogen and oxygen atoms in total. The fraction of sp³-hybridized carbons (Fsp3) is 0.136. The average Bonchev–Trinajstić information content (AvgIpc) is 2.72. The summed E-state index contributed by atoms with van der Waals surface area (Å²) in [6.07, 6.45) is 0. The fourth-order valence-corrected chi connectivity index (χ4v) is 4.15. The lowest BCUT2D eigenvalue weighted by Crippen LogP contribution is -2.27. The van der Waals surface area contributed by atoms with Crippen LogP contribution in [-0.4, -0.2) is 21.4 Å². The first-order valence-electron chi connectivity index (χ1n) is 8.96. The molecule has 0 spiro atoms. The van der Waals surface area contributed by atoms with Crippen molar-refractivity contribution >= 4 is 33.2 Å². The van der Waals surface area contributed by atoms with Crippen LogP contribution >= 0.6 is 11.6 Å². The van der Waals surface area contributed by atoms with Gasteiger partial charge in [-0.2, -0.15) is 0 Å². The van der Waals surface area contributed by atoms with Crippen molar-refractivity contribution in [2.75, 3.05) is 11.4 Å². The molecule has 0 heterocycles. The van der Waals surface area contributed by atoms with Crippen LogP contribution in [0.25, 0.3) is 0 Å². The van der Waals surface area contributed by atoms with E-state index in [0.717, 1.165) is 11.1 Å². The maximum Gasteiger partial charge on any atom is 0.264 e. The molecule has 0 unspecified atom stereocenters. The standard InChI is InChI=1S/C22H21ClN2O3S/c1-16-4-3-5-17(14-16)15-24-22(26)18-6-10-20(11-7-18)25(2)29(27,28)21-12-8-19(23)9-13-21/h3-14H,15H2,1-2H3,(H,24,26). The van der Waals surface area contributed by atoms with E-state index in [4.69, 9.17) is 11.6 Å². The molecule has 0 aromatic heterocycles. The van der Waals surface area contributed by atoms with E-state index in [2.05, 4.69) is 5.32 Å². The summed E-state index contributed by atoms with van der Waals surface area (Å²) in [5.41, 5.74) is 3.06. The molecule has 0 aliphatic rings. The summed E-state index contributed by atoms with van der Waals surface area (Å²) in [6.45, 7) is 2.42. The van der Waals surface area contributed by atoms with Gasteiger partial charge in [0.15, 0.2) is 0 Å². The first kappa shape index (κ1) is 20.9. The van der Waals surface area contributed by atoms with Crippen LogP contribution in [0.3, 0.4) is 0 Å². The molecule has 0 saturated carbocycles. The van der Waals surface area contributed by atoms with Gasteiger partial charge >= 0.3 is 0 Å². The van der Waals surface area contributed by atoms with Crippen LogP contribution < -0.4 is 9.62 Å². The van der Waals surface area contributed by atoms with E-state index in [0.29, 0.717) is 22.8 Å². The molecule has 29 heavy (non-hydrogen) atoms. The highest BCUT2D eigenvalue weighted by Crippen LogP contribution is 2.23. The van der Waals surface area contributed by atoms with Gasteiger partial charge < -0.3 is 5.32 Å². The Balaban J connectivity index is 1.70. The SMILES string of the molecule is Cc1cccc(CNC(=O)c2ccc(N(C)S(=O)(=O)c3ccc(Cl)cc3)cc2)c1. The third-order valence-electron chi connectivity index (χ3n) is 4.50. The van der Waals surface area contributed by atoms with E-state index >= 15 is 0 Å². The highest BCUT2D eigenvalue weighted by molar-refractivity contribution is 7.92. The average molecular weight is 429 g/mol. The van der Waals surface area contributed by atoms with Crippen molar-refractivity contribution in [2.24, 2.45) is 0 Å². The molecular weight excluding hydrogens is 408 g/mol. The minimum Gasteiger partial charge on any atom is -0.348 e. The lowest BCUT2D eigenvalue weighted by Gasteiger charge is -2.20. The van der Waals surface area contributed by atoms with Crippen LogP contribution in [0, 0.1) is 6.92 Å². The van der Waals surface area contributed by atoms with Crippen molar-refractivity contribution in [3.63, 3.8) is 0 Å². The lowest BCUT2D eigenvalue weighted by molar-refractivity contribution is 0.0951. The van der Waals surface area contributed by atoms with E-state index in [1.807, 2.05) is 31.2 Å². The molecule has 0 saturated heterocycles. The van der Waals surface area contributed by atoms with Crippen molar-refractivity contribution in [2.45, 2.75) is 18.4 Å². The van der Waals surface area contributed by atoms with Gasteiger partial charge in [-0.25, -0.2) is 8.42 Å². The van der Waals surface area contributed by atoms with Crippen molar-refractivity contribution in [1.82, 2.24) is 5.32 Å². The van der Waals surface area contributed by atoms with Crippen LogP contribution in [0.15, 0.2) is 77.7 Å². The second-order valence-electron chi connectivity index (χ2n) is 6.65. The number of nitrogens with zero attached hydrogens (tertiary/aromatic N) is 1. The van der Waals surface area contributed by atoms with Gasteiger partial charge in [0.25, 0.3) is 15.9 Å². The van der Waals surface area contributed by atoms with Crippen molar-refractivity contribution in [3.05, 3.63) is 94.5 Å². The topological polar surface area (TPSA) is 66.5 Å². The Morgan fingerprint density at radius 3 is 2.28 bits per heavy atom. The highest BCUT2D eigenvalue weighted by Gasteiger charge is 2.21. The second-order valence-corrected chi connectivity index (χ2v) is 9.05. The fourth-order valence-electron chi connectivity index (χ4n) is 2.83. The molecule has 3 rings (SSSR count). The smallest absolute Gasteiger partial charge is 0.264 e. The van der Waals surface area contributed by atoms with E-state index in [1.54, 1.807) is 24.3 Å². The van der Waals surface area contributed by atoms with Gasteiger partial charge in [-0.05, 0) is 61.0 Å². The summed E-state index contributed by atoms with van der Waals surface area (Å²) in [7, 11) is -2.25. The minimum absolute atomic E-state index is 0.143. The number of halogens is 1. The second kappa shape index (κ2) is 8.68. The van der Waals surface area contributed by atoms with E-state index in [9.17, 15) is 13.2 Å². The van der Waals surface area contributed by atoms with Gasteiger partial charge in [0, 0.05) is 24.2 Å². The molecule has 3 aromatic rings. The highest BCUT2D eigenvalue weighted by atomic mass is 35.5. The number of benzene rings is 3. The molecule has 0 atom stereocenters. The van der Waals surface area contributed by atoms with Crippen LogP contribution in [0.1, 0.15) is 21.5 Å². The summed E-state index contributed by atoms with van der Waals surface area (Å²) in [5.74, 6) is -0.221. The maximum absolute atomic E-state index is 12.8.